The van der Waals surface area contributed by atoms with Gasteiger partial charge in [-0.15, -0.1) is 11.8 Å². The van der Waals surface area contributed by atoms with Crippen LogP contribution in [0.25, 0.3) is 21.8 Å². The van der Waals surface area contributed by atoms with E-state index in [1.165, 1.54) is 0 Å². The summed E-state index contributed by atoms with van der Waals surface area (Å²) in [5.41, 5.74) is 7.63. The molecule has 9 nitrogen and oxygen atoms in total. The van der Waals surface area contributed by atoms with Gasteiger partial charge in [-0.1, -0.05) is 0 Å². The molecule has 0 atom stereocenters. The Hall–Kier alpha value is -2.18. The van der Waals surface area contributed by atoms with E-state index >= 15 is 0 Å². The minimum absolute atomic E-state index is 0.450. The van der Waals surface area contributed by atoms with E-state index in [4.69, 9.17) is 43.9 Å². The second-order valence-corrected chi connectivity index (χ2v) is 9.65. The lowest BCUT2D eigenvalue weighted by atomic mass is 10.1. The Bertz CT molecular complexity index is 1040. The van der Waals surface area contributed by atoms with Gasteiger partial charge in [0.15, 0.2) is 0 Å². The summed E-state index contributed by atoms with van der Waals surface area (Å²) in [5.74, 6) is 2.48. The summed E-state index contributed by atoms with van der Waals surface area (Å²) in [6.07, 6.45) is 0.928. The number of fused-ring (bicyclic) bond motifs is 2. The maximum atomic E-state index is 5.99. The average molecular weight is 547 g/mol. The Kier molecular flexibility index (Phi) is 12.7. The normalized spacial score (nSPS) is 17.7. The van der Waals surface area contributed by atoms with E-state index in [2.05, 4.69) is 12.1 Å². The van der Waals surface area contributed by atoms with E-state index in [0.717, 1.165) is 50.4 Å². The fraction of sp³-hybridized carbons (Fsp3) is 0.536. The number of ether oxygens (including phenoxy) is 7. The van der Waals surface area contributed by atoms with Crippen LogP contribution in [0.4, 0.5) is 0 Å². The maximum absolute atomic E-state index is 5.99. The molecule has 1 aromatic heterocycles. The predicted octanol–water partition coefficient (Wildman–Crippen LogP) is 3.68. The molecule has 0 unspecified atom stereocenters. The monoisotopic (exact) mass is 546 g/mol. The molecule has 0 amide bonds. The summed E-state index contributed by atoms with van der Waals surface area (Å²) < 4.78 is 39.8. The number of nitrogens with two attached hydrogens (primary N) is 1. The molecule has 2 aromatic carbocycles. The first-order chi connectivity index (χ1) is 18.8. The molecular formula is C28H38N2O7S. The standard InChI is InChI=1S/C28H38N2O7S/c29-6-1-19-38-28-24-20-22-2-4-26(24)30-27-5-3-23(21-25(27)28)37-18-16-35-14-12-33-10-8-31-7-9-32-11-13-34-15-17-36-22/h2-5,20-21H,1,6-19,29H2. The van der Waals surface area contributed by atoms with Gasteiger partial charge in [0, 0.05) is 15.7 Å². The molecule has 0 saturated carbocycles. The first kappa shape index (κ1) is 28.8. The molecule has 208 valence electrons. The molecule has 38 heavy (non-hydrogen) atoms. The summed E-state index contributed by atoms with van der Waals surface area (Å²) in [5, 5.41) is 2.10. The van der Waals surface area contributed by atoms with Crippen molar-refractivity contribution in [2.24, 2.45) is 5.73 Å². The zero-order valence-corrected chi connectivity index (χ0v) is 22.7. The van der Waals surface area contributed by atoms with Crippen LogP contribution in [0.1, 0.15) is 6.42 Å². The van der Waals surface area contributed by atoms with Crippen molar-refractivity contribution in [3.05, 3.63) is 36.4 Å². The fourth-order valence-electron chi connectivity index (χ4n) is 3.88. The number of nitrogens with zero attached hydrogens (tertiary/aromatic N) is 1. The van der Waals surface area contributed by atoms with Gasteiger partial charge in [-0.25, -0.2) is 4.98 Å². The molecular weight excluding hydrogens is 508 g/mol. The van der Waals surface area contributed by atoms with Crippen LogP contribution < -0.4 is 15.2 Å². The van der Waals surface area contributed by atoms with Crippen LogP contribution in [0.3, 0.4) is 0 Å². The molecule has 0 fully saturated rings. The van der Waals surface area contributed by atoms with Gasteiger partial charge in [0.2, 0.25) is 0 Å². The fourth-order valence-corrected chi connectivity index (χ4v) is 5.03. The van der Waals surface area contributed by atoms with Crippen LogP contribution in [-0.4, -0.2) is 96.6 Å². The van der Waals surface area contributed by atoms with Crippen molar-refractivity contribution in [3.8, 4) is 11.5 Å². The lowest BCUT2D eigenvalue weighted by Gasteiger charge is -2.14. The molecule has 2 N–H and O–H groups in total. The number of thioether (sulfide) groups is 1. The first-order valence-corrected chi connectivity index (χ1v) is 14.2. The van der Waals surface area contributed by atoms with Crippen LogP contribution in [0, 0.1) is 0 Å². The second-order valence-electron chi connectivity index (χ2n) is 8.55. The third kappa shape index (κ3) is 9.23. The minimum atomic E-state index is 0.450. The van der Waals surface area contributed by atoms with Crippen LogP contribution in [0.5, 0.6) is 11.5 Å². The Labute approximate surface area is 228 Å². The molecule has 1 aliphatic rings. The average Bonchev–Trinajstić information content (AvgIpc) is 2.93. The number of pyridine rings is 1. The van der Waals surface area contributed by atoms with Gasteiger partial charge in [-0.05, 0) is 55.1 Å². The van der Waals surface area contributed by atoms with Gasteiger partial charge in [0.1, 0.15) is 24.7 Å². The summed E-state index contributed by atoms with van der Waals surface area (Å²) in [4.78, 5) is 6.06. The third-order valence-corrected chi connectivity index (χ3v) is 6.96. The molecule has 0 aliphatic carbocycles. The third-order valence-electron chi connectivity index (χ3n) is 5.74. The maximum Gasteiger partial charge on any atom is 0.120 e. The highest BCUT2D eigenvalue weighted by Crippen LogP contribution is 2.37. The summed E-state index contributed by atoms with van der Waals surface area (Å²) in [6.45, 7) is 6.65. The smallest absolute Gasteiger partial charge is 0.120 e. The number of hydrogen-bond donors (Lipinski definition) is 1. The van der Waals surface area contributed by atoms with Crippen molar-refractivity contribution < 1.29 is 33.2 Å². The van der Waals surface area contributed by atoms with Gasteiger partial charge in [-0.2, -0.15) is 0 Å². The lowest BCUT2D eigenvalue weighted by Crippen LogP contribution is -2.15. The first-order valence-electron chi connectivity index (χ1n) is 13.2. The summed E-state index contributed by atoms with van der Waals surface area (Å²) in [7, 11) is 0. The quantitative estimate of drug-likeness (QED) is 0.296. The zero-order chi connectivity index (χ0) is 26.3. The Morgan fingerprint density at radius 1 is 0.605 bits per heavy atom. The SMILES string of the molecule is NCCCSc1c2cc3ccc2nc2ccc(cc12)OCCOCCOCCOCCOCCOCCO3. The Morgan fingerprint density at radius 2 is 1.03 bits per heavy atom. The number of rotatable bonds is 4. The van der Waals surface area contributed by atoms with Crippen molar-refractivity contribution in [2.75, 3.05) is 91.6 Å². The van der Waals surface area contributed by atoms with E-state index < -0.39 is 0 Å². The van der Waals surface area contributed by atoms with E-state index in [0.29, 0.717) is 85.8 Å². The van der Waals surface area contributed by atoms with Crippen molar-refractivity contribution in [2.45, 2.75) is 11.3 Å². The topological polar surface area (TPSA) is 104 Å². The van der Waals surface area contributed by atoms with Gasteiger partial charge in [-0.3, -0.25) is 0 Å². The highest BCUT2D eigenvalue weighted by Gasteiger charge is 2.13. The molecule has 10 heteroatoms. The van der Waals surface area contributed by atoms with Gasteiger partial charge >= 0.3 is 0 Å². The molecule has 2 heterocycles. The number of aromatic nitrogens is 1. The zero-order valence-electron chi connectivity index (χ0n) is 21.9. The number of benzene rings is 2. The van der Waals surface area contributed by atoms with Crippen LogP contribution in [-0.2, 0) is 23.7 Å². The van der Waals surface area contributed by atoms with E-state index in [1.807, 2.05) is 24.3 Å². The van der Waals surface area contributed by atoms with Crippen molar-refractivity contribution in [1.82, 2.24) is 4.98 Å². The Morgan fingerprint density at radius 3 is 1.45 bits per heavy atom. The minimum Gasteiger partial charge on any atom is -0.491 e. The van der Waals surface area contributed by atoms with E-state index in [9.17, 15) is 0 Å². The van der Waals surface area contributed by atoms with Crippen LogP contribution >= 0.6 is 11.8 Å². The van der Waals surface area contributed by atoms with Crippen molar-refractivity contribution in [3.63, 3.8) is 0 Å². The highest BCUT2D eigenvalue weighted by molar-refractivity contribution is 7.99. The lowest BCUT2D eigenvalue weighted by molar-refractivity contribution is -0.0141. The highest BCUT2D eigenvalue weighted by atomic mass is 32.2. The van der Waals surface area contributed by atoms with Gasteiger partial charge < -0.3 is 38.9 Å². The number of hydrogen-bond acceptors (Lipinski definition) is 10. The van der Waals surface area contributed by atoms with E-state index in [1.54, 1.807) is 11.8 Å². The summed E-state index contributed by atoms with van der Waals surface area (Å²) in [6, 6.07) is 12.0. The largest absolute Gasteiger partial charge is 0.491 e. The molecule has 4 bridgehead atoms. The predicted molar refractivity (Wildman–Crippen MR) is 149 cm³/mol. The van der Waals surface area contributed by atoms with Gasteiger partial charge in [0.25, 0.3) is 0 Å². The Balaban J connectivity index is 1.50. The van der Waals surface area contributed by atoms with Crippen LogP contribution in [0.2, 0.25) is 0 Å². The molecule has 0 radical (unpaired) electrons. The second kappa shape index (κ2) is 16.7. The molecule has 0 spiro atoms. The van der Waals surface area contributed by atoms with Crippen LogP contribution in [0.15, 0.2) is 41.3 Å². The van der Waals surface area contributed by atoms with Crippen molar-refractivity contribution >= 4 is 33.6 Å². The molecule has 3 aromatic rings. The van der Waals surface area contributed by atoms with Crippen molar-refractivity contribution in [1.29, 1.82) is 0 Å². The van der Waals surface area contributed by atoms with Gasteiger partial charge in [0.05, 0.1) is 77.1 Å². The molecule has 1 aliphatic heterocycles. The molecule has 4 rings (SSSR count). The van der Waals surface area contributed by atoms with E-state index in [-0.39, 0.29) is 0 Å². The molecule has 0 saturated heterocycles. The summed E-state index contributed by atoms with van der Waals surface area (Å²) >= 11 is 1.79.